The fourth-order valence-electron chi connectivity index (χ4n) is 11.5. The molecule has 1 aromatic rings. The van der Waals surface area contributed by atoms with E-state index < -0.39 is 12.2 Å². The zero-order valence-electron chi connectivity index (χ0n) is 38.1. The van der Waals surface area contributed by atoms with Crippen molar-refractivity contribution in [2.75, 3.05) is 46.4 Å². The number of phenolic OH excluding ortho intramolecular Hbond substituents is 1. The van der Waals surface area contributed by atoms with E-state index >= 15 is 0 Å². The number of fused-ring (bicyclic) bond motifs is 3. The third kappa shape index (κ3) is 12.9. The van der Waals surface area contributed by atoms with E-state index in [1.807, 2.05) is 25.1 Å². The van der Waals surface area contributed by atoms with Crippen molar-refractivity contribution in [1.29, 1.82) is 0 Å². The van der Waals surface area contributed by atoms with E-state index in [2.05, 4.69) is 28.6 Å². The molecule has 2 aliphatic heterocycles. The fraction of sp³-hybridized carbons (Fsp3) is 0.720. The number of ether oxygens (including phenoxy) is 2. The summed E-state index contributed by atoms with van der Waals surface area (Å²) >= 11 is 0. The summed E-state index contributed by atoms with van der Waals surface area (Å²) in [6.45, 7) is 6.95. The Labute approximate surface area is 372 Å². The molecule has 1 aromatic carbocycles. The molecule has 5 aliphatic rings. The first-order valence-corrected chi connectivity index (χ1v) is 24.2. The summed E-state index contributed by atoms with van der Waals surface area (Å²) in [7, 11) is 1.69. The summed E-state index contributed by atoms with van der Waals surface area (Å²) in [5, 5.41) is 49.2. The molecule has 3 saturated carbocycles. The minimum absolute atomic E-state index is 0.0178. The number of aliphatic hydroxyl groups excluding tert-OH is 3. The zero-order chi connectivity index (χ0) is 44.1. The number of nitrogens with zero attached hydrogens (tertiary/aromatic N) is 2. The van der Waals surface area contributed by atoms with Crippen LogP contribution in [0.3, 0.4) is 0 Å². The van der Waals surface area contributed by atoms with Crippen LogP contribution in [0.25, 0.3) is 0 Å². The lowest BCUT2D eigenvalue weighted by Gasteiger charge is -2.37. The number of aliphatic imine (C=N–C) groups is 2. The minimum atomic E-state index is -0.938. The molecule has 0 bridgehead atoms. The molecule has 2 heterocycles. The van der Waals surface area contributed by atoms with Crippen LogP contribution in [-0.4, -0.2) is 96.8 Å². The molecule has 3 aliphatic carbocycles. The Balaban J connectivity index is 0.966. The van der Waals surface area contributed by atoms with Gasteiger partial charge in [0.05, 0.1) is 24.5 Å². The molecule has 0 aromatic heterocycles. The van der Waals surface area contributed by atoms with E-state index in [4.69, 9.17) is 25.9 Å². The highest BCUT2D eigenvalue weighted by Crippen LogP contribution is 2.60. The van der Waals surface area contributed by atoms with Gasteiger partial charge in [0.15, 0.2) is 35.3 Å². The maximum Gasteiger partial charge on any atom is 0.190 e. The molecule has 12 heteroatoms. The third-order valence-electron chi connectivity index (χ3n) is 14.8. The third-order valence-corrected chi connectivity index (χ3v) is 14.8. The number of rotatable bonds is 25. The fourth-order valence-corrected chi connectivity index (χ4v) is 11.5. The van der Waals surface area contributed by atoms with E-state index in [0.29, 0.717) is 78.7 Å². The number of guanidine groups is 1. The van der Waals surface area contributed by atoms with Crippen molar-refractivity contribution >= 4 is 11.7 Å². The van der Waals surface area contributed by atoms with Crippen LogP contribution in [0.1, 0.15) is 129 Å². The van der Waals surface area contributed by atoms with E-state index in [-0.39, 0.29) is 25.1 Å². The Morgan fingerprint density at radius 2 is 1.87 bits per heavy atom. The molecule has 8 unspecified atom stereocenters. The van der Waals surface area contributed by atoms with Crippen LogP contribution in [0.4, 0.5) is 0 Å². The van der Waals surface area contributed by atoms with Gasteiger partial charge in [0, 0.05) is 39.4 Å². The van der Waals surface area contributed by atoms with Crippen LogP contribution < -0.4 is 26.8 Å². The van der Waals surface area contributed by atoms with Crippen LogP contribution in [0.15, 0.2) is 51.7 Å². The Hall–Kier alpha value is -3.42. The average Bonchev–Trinajstić information content (AvgIpc) is 4.09. The minimum Gasteiger partial charge on any atom is -0.592 e. The number of aromatic hydroxyl groups is 1. The number of allylic oxidation sites excluding steroid dienone is 1. The molecule has 0 amide bonds. The van der Waals surface area contributed by atoms with Gasteiger partial charge in [0.25, 0.3) is 0 Å². The van der Waals surface area contributed by atoms with Crippen molar-refractivity contribution in [2.24, 2.45) is 56.5 Å². The normalized spacial score (nSPS) is 25.1. The van der Waals surface area contributed by atoms with Crippen molar-refractivity contribution in [1.82, 2.24) is 10.6 Å². The van der Waals surface area contributed by atoms with Crippen molar-refractivity contribution in [2.45, 2.75) is 148 Å². The molecule has 346 valence electrons. The van der Waals surface area contributed by atoms with Crippen LogP contribution in [0.5, 0.6) is 11.5 Å². The molecular weight excluding hydrogens is 781 g/mol. The largest absolute Gasteiger partial charge is 0.592 e. The van der Waals surface area contributed by atoms with Crippen LogP contribution >= 0.6 is 0 Å². The second-order valence-corrected chi connectivity index (χ2v) is 19.5. The highest BCUT2D eigenvalue weighted by atomic mass is 16.5. The van der Waals surface area contributed by atoms with Crippen molar-refractivity contribution < 1.29 is 29.9 Å². The molecule has 6 rings (SSSR count). The lowest BCUT2D eigenvalue weighted by Crippen LogP contribution is -2.37. The molecule has 3 fully saturated rings. The number of hydrogen-bond donors (Lipinski definition) is 8. The van der Waals surface area contributed by atoms with Gasteiger partial charge in [-0.2, -0.15) is 12.0 Å². The van der Waals surface area contributed by atoms with Gasteiger partial charge < -0.3 is 52.0 Å². The number of phenols is 1. The predicted molar refractivity (Wildman–Crippen MR) is 249 cm³/mol. The van der Waals surface area contributed by atoms with E-state index in [0.717, 1.165) is 81.0 Å². The summed E-state index contributed by atoms with van der Waals surface area (Å²) < 4.78 is 12.5. The quantitative estimate of drug-likeness (QED) is 0.0228. The summed E-state index contributed by atoms with van der Waals surface area (Å²) in [6.07, 6.45) is 22.6. The maximum absolute atomic E-state index is 11.5. The van der Waals surface area contributed by atoms with Crippen molar-refractivity contribution in [3.05, 3.63) is 59.2 Å². The Morgan fingerprint density at radius 3 is 2.63 bits per heavy atom. The van der Waals surface area contributed by atoms with Crippen LogP contribution in [0.2, 0.25) is 0 Å². The summed E-state index contributed by atoms with van der Waals surface area (Å²) in [6, 6.07) is 6.03. The van der Waals surface area contributed by atoms with Crippen LogP contribution in [0, 0.1) is 47.0 Å². The van der Waals surface area contributed by atoms with Gasteiger partial charge in [-0.1, -0.05) is 76.5 Å². The number of aryl methyl sites for hydroxylation is 1. The number of hydrogen-bond acceptors (Lipinski definition) is 10. The first kappa shape index (κ1) is 48.0. The molecule has 0 radical (unpaired) electrons. The smallest absolute Gasteiger partial charge is 0.190 e. The Kier molecular flexibility index (Phi) is 18.2. The number of nitrogens with two attached hydrogens (primary N) is 2. The average molecular weight is 861 g/mol. The summed E-state index contributed by atoms with van der Waals surface area (Å²) in [4.78, 5) is 9.11. The maximum atomic E-state index is 11.5. The SMILES string of the molecule is CN=C(N)NCC(C)CCCC(CCN)CCCCC1OC(CCc2ccc(O)c(OCC(O)[C+]3C=C4C(=N3)CC3(CCCC3)C3CCCC3C4CNCC(C)O)c2)=C[C-]1CO. The topological polar surface area (TPSA) is 200 Å². The predicted octanol–water partition coefficient (Wildman–Crippen LogP) is 6.66. The van der Waals surface area contributed by atoms with Gasteiger partial charge in [-0.15, -0.1) is 4.99 Å². The number of benzene rings is 1. The van der Waals surface area contributed by atoms with Crippen LogP contribution in [-0.2, 0) is 11.2 Å². The van der Waals surface area contributed by atoms with Gasteiger partial charge >= 0.3 is 0 Å². The summed E-state index contributed by atoms with van der Waals surface area (Å²) in [5.74, 6) is 5.41. The lowest BCUT2D eigenvalue weighted by molar-refractivity contribution is 0.113. The molecule has 0 saturated heterocycles. The highest BCUT2D eigenvalue weighted by Gasteiger charge is 2.57. The van der Waals surface area contributed by atoms with Crippen molar-refractivity contribution in [3.63, 3.8) is 0 Å². The molecule has 8 atom stereocenters. The number of unbranched alkanes of at least 4 members (excludes halogenated alkanes) is 1. The second kappa shape index (κ2) is 23.5. The lowest BCUT2D eigenvalue weighted by atomic mass is 9.66. The Morgan fingerprint density at radius 1 is 1.06 bits per heavy atom. The van der Waals surface area contributed by atoms with Gasteiger partial charge in [-0.05, 0) is 112 Å². The van der Waals surface area contributed by atoms with Crippen molar-refractivity contribution in [3.8, 4) is 11.5 Å². The van der Waals surface area contributed by atoms with Gasteiger partial charge in [0.1, 0.15) is 12.2 Å². The first-order chi connectivity index (χ1) is 30.0. The molecule has 62 heavy (non-hydrogen) atoms. The monoisotopic (exact) mass is 861 g/mol. The zero-order valence-corrected chi connectivity index (χ0v) is 38.1. The number of aliphatic hydroxyl groups is 3. The van der Waals surface area contributed by atoms with Gasteiger partial charge in [-0.3, -0.25) is 4.99 Å². The first-order valence-electron chi connectivity index (χ1n) is 24.2. The molecule has 12 nitrogen and oxygen atoms in total. The molecule has 1 spiro atoms. The highest BCUT2D eigenvalue weighted by molar-refractivity contribution is 6.04. The van der Waals surface area contributed by atoms with Gasteiger partial charge in [0.2, 0.25) is 0 Å². The standard InChI is InChI=1S/C50H80N6O6/c1-33(28-55-49(52)53-3)10-8-12-35(20-23-51)11-4-5-15-47-37(31-57)25-38(62-47)18-16-36-17-19-45(59)48(24-36)61-32-46(60)43-26-40-41(30-54-29-34(2)58)39-13-9-14-42(39)50(21-6-7-22-50)27-44(40)56-43/h17,19,24-26,33-35,39,41-42,46-47,54,57-60H,4-16,18,20-23,27-32,51H2,1-3H3,(H3,52,53,55). The molecule has 10 N–H and O–H groups in total. The van der Waals surface area contributed by atoms with E-state index in [1.54, 1.807) is 13.1 Å². The number of nitrogens with one attached hydrogen (secondary N) is 2. The molecular formula is C50H80N6O6. The van der Waals surface area contributed by atoms with E-state index in [9.17, 15) is 20.4 Å². The van der Waals surface area contributed by atoms with E-state index in [1.165, 1.54) is 63.4 Å². The van der Waals surface area contributed by atoms with Gasteiger partial charge in [-0.25, -0.2) is 0 Å². The second-order valence-electron chi connectivity index (χ2n) is 19.5. The Bertz CT molecular complexity index is 1670. The summed E-state index contributed by atoms with van der Waals surface area (Å²) in [5.41, 5.74) is 15.4.